The number of para-hydroxylation sites is 1. The minimum atomic E-state index is -0.341. The molecule has 17 heavy (non-hydrogen) atoms. The molecule has 0 bridgehead atoms. The molecule has 1 aromatic carbocycles. The lowest BCUT2D eigenvalue weighted by Gasteiger charge is -2.37. The predicted octanol–water partition coefficient (Wildman–Crippen LogP) is 3.02. The van der Waals surface area contributed by atoms with Crippen LogP contribution in [0.1, 0.15) is 29.8 Å². The number of carbonyl (C=O) groups is 1. The second-order valence-corrected chi connectivity index (χ2v) is 5.57. The second-order valence-electron chi connectivity index (χ2n) is 5.17. The topological polar surface area (TPSA) is 29.5 Å². The van der Waals surface area contributed by atoms with Crippen molar-refractivity contribution in [2.75, 3.05) is 18.1 Å². The van der Waals surface area contributed by atoms with Gasteiger partial charge in [0.1, 0.15) is 0 Å². The van der Waals surface area contributed by atoms with E-state index in [1.54, 1.807) is 10.5 Å². The van der Waals surface area contributed by atoms with E-state index < -0.39 is 0 Å². The number of rotatable bonds is 1. The lowest BCUT2D eigenvalue weighted by molar-refractivity contribution is 0.0601. The van der Waals surface area contributed by atoms with E-state index in [-0.39, 0.29) is 11.4 Å². The molecule has 0 fully saturated rings. The maximum Gasteiger partial charge on any atom is 0.340 e. The van der Waals surface area contributed by atoms with E-state index in [1.165, 1.54) is 7.11 Å². The normalized spacial score (nSPS) is 17.5. The molecule has 0 unspecified atom stereocenters. The highest BCUT2D eigenvalue weighted by molar-refractivity contribution is 6.27. The Kier molecular flexibility index (Phi) is 3.04. The van der Waals surface area contributed by atoms with Crippen LogP contribution in [0.3, 0.4) is 0 Å². The Hall–Kier alpha value is -1.22. The molecule has 0 aliphatic carbocycles. The summed E-state index contributed by atoms with van der Waals surface area (Å²) in [5.74, 6) is -0.341. The Balaban J connectivity index is 2.52. The molecule has 0 aromatic heterocycles. The van der Waals surface area contributed by atoms with Crippen molar-refractivity contribution in [3.05, 3.63) is 29.3 Å². The molecule has 0 saturated heterocycles. The SMILES string of the molecule is COC(=O)c1cccc2c1N(Cl)CC(C)(C)C2. The van der Waals surface area contributed by atoms with Crippen LogP contribution in [-0.4, -0.2) is 19.6 Å². The Labute approximate surface area is 106 Å². The van der Waals surface area contributed by atoms with E-state index in [0.29, 0.717) is 5.56 Å². The van der Waals surface area contributed by atoms with Crippen LogP contribution >= 0.6 is 11.8 Å². The minimum Gasteiger partial charge on any atom is -0.465 e. The van der Waals surface area contributed by atoms with Crippen LogP contribution in [0.4, 0.5) is 5.69 Å². The van der Waals surface area contributed by atoms with Crippen LogP contribution in [0.2, 0.25) is 0 Å². The third kappa shape index (κ3) is 2.25. The van der Waals surface area contributed by atoms with Gasteiger partial charge in [-0.15, -0.1) is 0 Å². The molecule has 0 saturated carbocycles. The predicted molar refractivity (Wildman–Crippen MR) is 68.5 cm³/mol. The molecule has 4 heteroatoms. The average Bonchev–Trinajstić information content (AvgIpc) is 2.25. The highest BCUT2D eigenvalue weighted by atomic mass is 35.5. The van der Waals surface area contributed by atoms with Gasteiger partial charge in [-0.25, -0.2) is 4.79 Å². The molecule has 0 N–H and O–H groups in total. The van der Waals surface area contributed by atoms with Crippen molar-refractivity contribution in [3.8, 4) is 0 Å². The number of nitrogens with zero attached hydrogens (tertiary/aromatic N) is 1. The molecule has 1 aliphatic heterocycles. The van der Waals surface area contributed by atoms with E-state index in [2.05, 4.69) is 13.8 Å². The van der Waals surface area contributed by atoms with E-state index in [0.717, 1.165) is 24.2 Å². The van der Waals surface area contributed by atoms with Gasteiger partial charge in [-0.2, -0.15) is 0 Å². The van der Waals surface area contributed by atoms with E-state index in [4.69, 9.17) is 16.5 Å². The molecular formula is C13H16ClNO2. The van der Waals surface area contributed by atoms with Crippen LogP contribution in [0.25, 0.3) is 0 Å². The van der Waals surface area contributed by atoms with Gasteiger partial charge in [0.25, 0.3) is 0 Å². The Bertz CT molecular complexity index is 457. The van der Waals surface area contributed by atoms with Crippen LogP contribution in [0, 0.1) is 5.41 Å². The first-order valence-electron chi connectivity index (χ1n) is 5.58. The lowest BCUT2D eigenvalue weighted by atomic mass is 9.81. The first-order chi connectivity index (χ1) is 7.94. The molecule has 0 spiro atoms. The average molecular weight is 254 g/mol. The number of methoxy groups -OCH3 is 1. The van der Waals surface area contributed by atoms with Gasteiger partial charge >= 0.3 is 5.97 Å². The van der Waals surface area contributed by atoms with E-state index >= 15 is 0 Å². The van der Waals surface area contributed by atoms with Crippen LogP contribution < -0.4 is 4.42 Å². The first kappa shape index (κ1) is 12.2. The monoisotopic (exact) mass is 253 g/mol. The molecule has 92 valence electrons. The number of ether oxygens (including phenoxy) is 1. The standard InChI is InChI=1S/C13H16ClNO2/c1-13(2)7-9-5-4-6-10(12(16)17-3)11(9)15(14)8-13/h4-6H,7-8H2,1-3H3. The van der Waals surface area contributed by atoms with Crippen molar-refractivity contribution in [3.63, 3.8) is 0 Å². The van der Waals surface area contributed by atoms with Gasteiger partial charge in [0.2, 0.25) is 0 Å². The number of hydrogen-bond acceptors (Lipinski definition) is 3. The molecular weight excluding hydrogens is 238 g/mol. The van der Waals surface area contributed by atoms with Crippen molar-refractivity contribution in [1.82, 2.24) is 0 Å². The molecule has 1 aromatic rings. The quantitative estimate of drug-likeness (QED) is 0.569. The zero-order valence-electron chi connectivity index (χ0n) is 10.3. The van der Waals surface area contributed by atoms with E-state index in [1.807, 2.05) is 12.1 Å². The van der Waals surface area contributed by atoms with Gasteiger partial charge in [0, 0.05) is 18.3 Å². The largest absolute Gasteiger partial charge is 0.465 e. The Morgan fingerprint density at radius 3 is 2.82 bits per heavy atom. The number of halogens is 1. The Morgan fingerprint density at radius 2 is 2.18 bits per heavy atom. The number of benzene rings is 1. The van der Waals surface area contributed by atoms with Crippen molar-refractivity contribution >= 4 is 23.4 Å². The van der Waals surface area contributed by atoms with Gasteiger partial charge < -0.3 is 4.74 Å². The third-order valence-corrected chi connectivity index (χ3v) is 3.29. The number of esters is 1. The fourth-order valence-corrected chi connectivity index (χ4v) is 2.84. The third-order valence-electron chi connectivity index (χ3n) is 3.00. The zero-order valence-corrected chi connectivity index (χ0v) is 11.0. The van der Waals surface area contributed by atoms with Crippen molar-refractivity contribution in [2.45, 2.75) is 20.3 Å². The summed E-state index contributed by atoms with van der Waals surface area (Å²) in [6.07, 6.45) is 0.913. The van der Waals surface area contributed by atoms with Crippen molar-refractivity contribution in [2.24, 2.45) is 5.41 Å². The summed E-state index contributed by atoms with van der Waals surface area (Å²) in [6.45, 7) is 5.04. The molecule has 0 radical (unpaired) electrons. The molecule has 1 heterocycles. The molecule has 0 amide bonds. The number of hydrogen-bond donors (Lipinski definition) is 0. The number of fused-ring (bicyclic) bond motifs is 1. The molecule has 2 rings (SSSR count). The van der Waals surface area contributed by atoms with Crippen LogP contribution in [0.15, 0.2) is 18.2 Å². The summed E-state index contributed by atoms with van der Waals surface area (Å²) in [7, 11) is 1.38. The van der Waals surface area contributed by atoms with Gasteiger partial charge in [-0.05, 0) is 23.5 Å². The fourth-order valence-electron chi connectivity index (χ4n) is 2.32. The lowest BCUT2D eigenvalue weighted by Crippen LogP contribution is -2.36. The summed E-state index contributed by atoms with van der Waals surface area (Å²) in [5.41, 5.74) is 2.54. The smallest absolute Gasteiger partial charge is 0.340 e. The summed E-state index contributed by atoms with van der Waals surface area (Å²) >= 11 is 6.26. The Morgan fingerprint density at radius 1 is 1.47 bits per heavy atom. The van der Waals surface area contributed by atoms with Crippen LogP contribution in [-0.2, 0) is 11.2 Å². The zero-order chi connectivity index (χ0) is 12.6. The summed E-state index contributed by atoms with van der Waals surface area (Å²) < 4.78 is 6.41. The van der Waals surface area contributed by atoms with Gasteiger partial charge in [0.05, 0.1) is 18.4 Å². The first-order valence-corrected chi connectivity index (χ1v) is 5.92. The van der Waals surface area contributed by atoms with Crippen molar-refractivity contribution in [1.29, 1.82) is 0 Å². The highest BCUT2D eigenvalue weighted by Gasteiger charge is 2.32. The van der Waals surface area contributed by atoms with Crippen molar-refractivity contribution < 1.29 is 9.53 Å². The van der Waals surface area contributed by atoms with Crippen LogP contribution in [0.5, 0.6) is 0 Å². The van der Waals surface area contributed by atoms with Gasteiger partial charge in [0.15, 0.2) is 0 Å². The summed E-state index contributed by atoms with van der Waals surface area (Å²) in [6, 6.07) is 5.63. The maximum absolute atomic E-state index is 11.7. The van der Waals surface area contributed by atoms with E-state index in [9.17, 15) is 4.79 Å². The molecule has 3 nitrogen and oxygen atoms in total. The summed E-state index contributed by atoms with van der Waals surface area (Å²) in [4.78, 5) is 11.7. The minimum absolute atomic E-state index is 0.115. The second kappa shape index (κ2) is 4.22. The highest BCUT2D eigenvalue weighted by Crippen LogP contribution is 2.39. The summed E-state index contributed by atoms with van der Waals surface area (Å²) in [5, 5.41) is 0. The number of anilines is 1. The molecule has 0 atom stereocenters. The fraction of sp³-hybridized carbons (Fsp3) is 0.462. The maximum atomic E-state index is 11.7. The van der Waals surface area contributed by atoms with Gasteiger partial charge in [-0.1, -0.05) is 26.0 Å². The number of carbonyl (C=O) groups excluding carboxylic acids is 1. The van der Waals surface area contributed by atoms with Gasteiger partial charge in [-0.3, -0.25) is 4.42 Å². The molecule has 1 aliphatic rings.